The van der Waals surface area contributed by atoms with E-state index >= 15 is 0 Å². The first-order chi connectivity index (χ1) is 8.99. The molecule has 6 heteroatoms. The molecular weight excluding hydrogens is 287 g/mol. The van der Waals surface area contributed by atoms with Crippen LogP contribution in [0.25, 0.3) is 0 Å². The zero-order valence-electron chi connectivity index (χ0n) is 10.3. The van der Waals surface area contributed by atoms with Gasteiger partial charge >= 0.3 is 0 Å². The number of carbonyl (C=O) groups excluding carboxylic acids is 1. The maximum atomic E-state index is 11.0. The fraction of sp³-hybridized carbons (Fsp3) is 0.462. The monoisotopic (exact) mass is 302 g/mol. The summed E-state index contributed by atoms with van der Waals surface area (Å²) in [6.07, 6.45) is 1.83. The molecule has 0 bridgehead atoms. The summed E-state index contributed by atoms with van der Waals surface area (Å²) >= 11 is 12.2. The van der Waals surface area contributed by atoms with Gasteiger partial charge in [-0.3, -0.25) is 4.79 Å². The number of primary amides is 1. The largest absolute Gasteiger partial charge is 0.508 e. The SMILES string of the molecule is NC(=O)C[C@H]1CC(c2c(O)ccc(Cl)c2Cl)CCN1. The van der Waals surface area contributed by atoms with Crippen LogP contribution in [0.1, 0.15) is 30.7 Å². The molecule has 1 aromatic carbocycles. The summed E-state index contributed by atoms with van der Waals surface area (Å²) in [7, 11) is 0. The van der Waals surface area contributed by atoms with Gasteiger partial charge in [0.2, 0.25) is 5.91 Å². The first-order valence-electron chi connectivity index (χ1n) is 6.17. The number of piperidine rings is 1. The van der Waals surface area contributed by atoms with Crippen molar-refractivity contribution in [3.8, 4) is 5.75 Å². The van der Waals surface area contributed by atoms with E-state index in [4.69, 9.17) is 28.9 Å². The Morgan fingerprint density at radius 1 is 1.47 bits per heavy atom. The van der Waals surface area contributed by atoms with E-state index in [1.54, 1.807) is 12.1 Å². The van der Waals surface area contributed by atoms with E-state index < -0.39 is 0 Å². The molecule has 0 radical (unpaired) electrons. The predicted octanol–water partition coefficient (Wildman–Crippen LogP) is 2.41. The lowest BCUT2D eigenvalue weighted by atomic mass is 9.85. The summed E-state index contributed by atoms with van der Waals surface area (Å²) in [5.41, 5.74) is 5.89. The Balaban J connectivity index is 2.22. The molecular formula is C13H16Cl2N2O2. The topological polar surface area (TPSA) is 75.4 Å². The van der Waals surface area contributed by atoms with E-state index in [0.29, 0.717) is 22.0 Å². The molecule has 0 saturated carbocycles. The van der Waals surface area contributed by atoms with Crippen LogP contribution in [0, 0.1) is 0 Å². The molecule has 4 nitrogen and oxygen atoms in total. The standard InChI is InChI=1S/C13H16Cl2N2O2/c14-9-1-2-10(18)12(13(9)15)7-3-4-17-8(5-7)6-11(16)19/h1-2,7-8,17-18H,3-6H2,(H2,16,19)/t7?,8-/m1/s1. The Morgan fingerprint density at radius 3 is 2.89 bits per heavy atom. The van der Waals surface area contributed by atoms with Crippen LogP contribution in [0.3, 0.4) is 0 Å². The summed E-state index contributed by atoms with van der Waals surface area (Å²) in [5, 5.41) is 14.1. The molecule has 2 atom stereocenters. The second-order valence-electron chi connectivity index (χ2n) is 4.84. The molecule has 1 aromatic rings. The van der Waals surface area contributed by atoms with Crippen LogP contribution in [0.5, 0.6) is 5.75 Å². The number of nitrogens with one attached hydrogen (secondary N) is 1. The van der Waals surface area contributed by atoms with Gasteiger partial charge in [-0.05, 0) is 37.4 Å². The average molecular weight is 303 g/mol. The third-order valence-electron chi connectivity index (χ3n) is 3.46. The second kappa shape index (κ2) is 5.99. The fourth-order valence-corrected chi connectivity index (χ4v) is 3.09. The third kappa shape index (κ3) is 3.32. The molecule has 1 unspecified atom stereocenters. The maximum Gasteiger partial charge on any atom is 0.218 e. The number of rotatable bonds is 3. The van der Waals surface area contributed by atoms with Gasteiger partial charge in [0.05, 0.1) is 10.0 Å². The van der Waals surface area contributed by atoms with Gasteiger partial charge in [-0.15, -0.1) is 0 Å². The van der Waals surface area contributed by atoms with Crippen molar-refractivity contribution >= 4 is 29.1 Å². The number of phenols is 1. The lowest BCUT2D eigenvalue weighted by Gasteiger charge is -2.31. The molecule has 1 aliphatic heterocycles. The Morgan fingerprint density at radius 2 is 2.21 bits per heavy atom. The van der Waals surface area contributed by atoms with Gasteiger partial charge in [0.25, 0.3) is 0 Å². The van der Waals surface area contributed by atoms with Gasteiger partial charge in [-0.2, -0.15) is 0 Å². The Kier molecular flexibility index (Phi) is 4.55. The minimum atomic E-state index is -0.334. The second-order valence-corrected chi connectivity index (χ2v) is 5.62. The first-order valence-corrected chi connectivity index (χ1v) is 6.93. The molecule has 1 aliphatic rings. The van der Waals surface area contributed by atoms with Crippen LogP contribution in [-0.2, 0) is 4.79 Å². The van der Waals surface area contributed by atoms with Crippen LogP contribution < -0.4 is 11.1 Å². The number of nitrogens with two attached hydrogens (primary N) is 1. The summed E-state index contributed by atoms with van der Waals surface area (Å²) < 4.78 is 0. The summed E-state index contributed by atoms with van der Waals surface area (Å²) in [6, 6.07) is 3.14. The van der Waals surface area contributed by atoms with Gasteiger partial charge < -0.3 is 16.2 Å². The smallest absolute Gasteiger partial charge is 0.218 e. The molecule has 0 aromatic heterocycles. The zero-order valence-corrected chi connectivity index (χ0v) is 11.8. The summed E-state index contributed by atoms with van der Waals surface area (Å²) in [4.78, 5) is 11.0. The Hall–Kier alpha value is -0.970. The highest BCUT2D eigenvalue weighted by Crippen LogP contribution is 2.41. The molecule has 19 heavy (non-hydrogen) atoms. The van der Waals surface area contributed by atoms with Crippen molar-refractivity contribution in [3.05, 3.63) is 27.7 Å². The quantitative estimate of drug-likeness (QED) is 0.802. The van der Waals surface area contributed by atoms with E-state index in [2.05, 4.69) is 5.32 Å². The van der Waals surface area contributed by atoms with E-state index in [9.17, 15) is 9.90 Å². The molecule has 0 spiro atoms. The number of halogens is 2. The average Bonchev–Trinajstić information content (AvgIpc) is 2.34. The van der Waals surface area contributed by atoms with Crippen LogP contribution in [0.15, 0.2) is 12.1 Å². The number of aromatic hydroxyl groups is 1. The molecule has 104 valence electrons. The normalized spacial score (nSPS) is 23.3. The number of phenolic OH excluding ortho intramolecular Hbond substituents is 1. The van der Waals surface area contributed by atoms with Crippen molar-refractivity contribution in [2.45, 2.75) is 31.2 Å². The van der Waals surface area contributed by atoms with Crippen LogP contribution in [0.4, 0.5) is 0 Å². The van der Waals surface area contributed by atoms with Crippen molar-refractivity contribution in [2.24, 2.45) is 5.73 Å². The lowest BCUT2D eigenvalue weighted by molar-refractivity contribution is -0.118. The molecule has 1 amide bonds. The van der Waals surface area contributed by atoms with Crippen molar-refractivity contribution in [1.82, 2.24) is 5.32 Å². The molecule has 1 saturated heterocycles. The highest BCUT2D eigenvalue weighted by molar-refractivity contribution is 6.42. The van der Waals surface area contributed by atoms with Crippen molar-refractivity contribution in [1.29, 1.82) is 0 Å². The molecule has 0 aliphatic carbocycles. The number of carbonyl (C=O) groups is 1. The van der Waals surface area contributed by atoms with Gasteiger partial charge in [-0.25, -0.2) is 0 Å². The predicted molar refractivity (Wildman–Crippen MR) is 75.7 cm³/mol. The first kappa shape index (κ1) is 14.4. The van der Waals surface area contributed by atoms with Gasteiger partial charge in [0.15, 0.2) is 0 Å². The van der Waals surface area contributed by atoms with E-state index in [1.807, 2.05) is 0 Å². The van der Waals surface area contributed by atoms with Crippen LogP contribution >= 0.6 is 23.2 Å². The Bertz CT molecular complexity index is 494. The molecule has 4 N–H and O–H groups in total. The number of benzene rings is 1. The zero-order chi connectivity index (χ0) is 14.0. The van der Waals surface area contributed by atoms with Gasteiger partial charge in [-0.1, -0.05) is 23.2 Å². The number of hydrogen-bond donors (Lipinski definition) is 3. The highest BCUT2D eigenvalue weighted by atomic mass is 35.5. The van der Waals surface area contributed by atoms with Crippen LogP contribution in [-0.4, -0.2) is 23.6 Å². The van der Waals surface area contributed by atoms with Crippen molar-refractivity contribution < 1.29 is 9.90 Å². The Labute approximate surface area is 121 Å². The minimum Gasteiger partial charge on any atom is -0.508 e. The van der Waals surface area contributed by atoms with Gasteiger partial charge in [0, 0.05) is 18.0 Å². The van der Waals surface area contributed by atoms with Crippen molar-refractivity contribution in [3.63, 3.8) is 0 Å². The highest BCUT2D eigenvalue weighted by Gasteiger charge is 2.28. The molecule has 1 heterocycles. The summed E-state index contributed by atoms with van der Waals surface area (Å²) in [5.74, 6) is -0.101. The van der Waals surface area contributed by atoms with Crippen LogP contribution in [0.2, 0.25) is 10.0 Å². The van der Waals surface area contributed by atoms with Crippen molar-refractivity contribution in [2.75, 3.05) is 6.54 Å². The summed E-state index contributed by atoms with van der Waals surface area (Å²) in [6.45, 7) is 0.755. The maximum absolute atomic E-state index is 11.0. The minimum absolute atomic E-state index is 0.0192. The number of hydrogen-bond acceptors (Lipinski definition) is 3. The van der Waals surface area contributed by atoms with Gasteiger partial charge in [0.1, 0.15) is 5.75 Å². The molecule has 1 fully saturated rings. The third-order valence-corrected chi connectivity index (χ3v) is 4.28. The van der Waals surface area contributed by atoms with E-state index in [1.165, 1.54) is 0 Å². The van der Waals surface area contributed by atoms with E-state index in [0.717, 1.165) is 13.0 Å². The van der Waals surface area contributed by atoms with E-state index in [-0.39, 0.29) is 30.0 Å². The fourth-order valence-electron chi connectivity index (χ4n) is 2.61. The number of amides is 1. The lowest BCUT2D eigenvalue weighted by Crippen LogP contribution is -2.40. The molecule has 2 rings (SSSR count).